The summed E-state index contributed by atoms with van der Waals surface area (Å²) >= 11 is 0. The first-order chi connectivity index (χ1) is 17.6. The summed E-state index contributed by atoms with van der Waals surface area (Å²) in [6.45, 7) is 0. The zero-order chi connectivity index (χ0) is 26.1. The lowest BCUT2D eigenvalue weighted by Gasteiger charge is -2.39. The predicted octanol–water partition coefficient (Wildman–Crippen LogP) is 2.38. The Bertz CT molecular complexity index is 1630. The fourth-order valence-electron chi connectivity index (χ4n) is 5.83. The molecule has 37 heavy (non-hydrogen) atoms. The molecule has 5 N–H and O–H groups in total. The summed E-state index contributed by atoms with van der Waals surface area (Å²) in [4.78, 5) is 19.8. The number of fused-ring (bicyclic) bond motifs is 3. The highest BCUT2D eigenvalue weighted by Gasteiger charge is 2.46. The maximum absolute atomic E-state index is 13.5. The highest BCUT2D eigenvalue weighted by Crippen LogP contribution is 2.45. The van der Waals surface area contributed by atoms with Crippen LogP contribution in [0.15, 0.2) is 41.4 Å². The van der Waals surface area contributed by atoms with Crippen LogP contribution in [0, 0.1) is 5.82 Å². The Hall–Kier alpha value is -4.00. The van der Waals surface area contributed by atoms with Crippen molar-refractivity contribution in [2.75, 3.05) is 17.7 Å². The van der Waals surface area contributed by atoms with Gasteiger partial charge in [0.1, 0.15) is 28.0 Å². The van der Waals surface area contributed by atoms with E-state index in [9.17, 15) is 17.6 Å². The minimum absolute atomic E-state index is 0.0188. The van der Waals surface area contributed by atoms with Crippen LogP contribution in [0.1, 0.15) is 47.8 Å². The van der Waals surface area contributed by atoms with Crippen molar-refractivity contribution in [2.24, 2.45) is 0 Å². The van der Waals surface area contributed by atoms with Crippen LogP contribution < -0.4 is 11.5 Å². The van der Waals surface area contributed by atoms with E-state index in [4.69, 9.17) is 16.5 Å². The summed E-state index contributed by atoms with van der Waals surface area (Å²) in [5.74, 6) is -0.553. The van der Waals surface area contributed by atoms with Crippen molar-refractivity contribution in [2.45, 2.75) is 48.6 Å². The Balaban J connectivity index is 1.43. The van der Waals surface area contributed by atoms with Gasteiger partial charge in [0, 0.05) is 35.9 Å². The average Bonchev–Trinajstić information content (AvgIpc) is 3.54. The summed E-state index contributed by atoms with van der Waals surface area (Å²) in [6.07, 6.45) is 5.33. The van der Waals surface area contributed by atoms with E-state index in [1.807, 2.05) is 4.90 Å². The second-order valence-electron chi connectivity index (χ2n) is 9.76. The Kier molecular flexibility index (Phi) is 5.23. The van der Waals surface area contributed by atoms with Gasteiger partial charge >= 0.3 is 0 Å². The van der Waals surface area contributed by atoms with Gasteiger partial charge in [-0.3, -0.25) is 9.89 Å². The molecular weight excluding hydrogens is 499 g/mol. The van der Waals surface area contributed by atoms with Crippen molar-refractivity contribution in [1.82, 2.24) is 29.7 Å². The topological polar surface area (TPSA) is 165 Å². The van der Waals surface area contributed by atoms with Gasteiger partial charge in [0.15, 0.2) is 15.5 Å². The third kappa shape index (κ3) is 3.80. The second-order valence-corrected chi connectivity index (χ2v) is 11.7. The number of halogens is 1. The molecule has 0 unspecified atom stereocenters. The molecule has 4 aromatic rings. The number of amides is 1. The molecule has 3 atom stereocenters. The van der Waals surface area contributed by atoms with Crippen molar-refractivity contribution in [1.29, 1.82) is 0 Å². The van der Waals surface area contributed by atoms with Gasteiger partial charge in [-0.1, -0.05) is 12.1 Å². The van der Waals surface area contributed by atoms with Crippen LogP contribution in [-0.4, -0.2) is 62.4 Å². The number of aromatic amines is 1. The zero-order valence-electron chi connectivity index (χ0n) is 19.9. The fourth-order valence-corrected chi connectivity index (χ4v) is 6.88. The van der Waals surface area contributed by atoms with Crippen molar-refractivity contribution >= 4 is 33.0 Å². The second kappa shape index (κ2) is 8.26. The standard InChI is InChI=1S/C24H25FN8O3S/c1-37(35,36)21-20(29-23-17(11-28-33(23)22(21)27)12-2-4-14(25)5-3-12)13-8-15-6-7-16(9-13)32(15)24(34)18-10-19(26)31-30-18/h2-5,10-11,13,15-16H,6-9,27H2,1H3,(H3,26,30,31)/t13-,15-,16+. The molecule has 5 heterocycles. The minimum Gasteiger partial charge on any atom is -0.382 e. The quantitative estimate of drug-likeness (QED) is 0.366. The predicted molar refractivity (Wildman–Crippen MR) is 134 cm³/mol. The van der Waals surface area contributed by atoms with E-state index >= 15 is 0 Å². The van der Waals surface area contributed by atoms with E-state index in [1.165, 1.54) is 22.7 Å². The first-order valence-electron chi connectivity index (χ1n) is 11.9. The average molecular weight is 525 g/mol. The molecule has 0 saturated carbocycles. The van der Waals surface area contributed by atoms with Gasteiger partial charge in [0.05, 0.1) is 11.9 Å². The SMILES string of the molecule is CS(=O)(=O)c1c([C@@H]2C[C@H]3CC[C@@H](C2)N3C(=O)c2cc(N)n[nH]2)nc2c(-c3ccc(F)cc3)cnn2c1N. The Morgan fingerprint density at radius 1 is 1.14 bits per heavy atom. The molecule has 6 rings (SSSR count). The fraction of sp³-hybridized carbons (Fsp3) is 0.333. The molecule has 2 bridgehead atoms. The Morgan fingerprint density at radius 2 is 1.81 bits per heavy atom. The maximum atomic E-state index is 13.5. The van der Waals surface area contributed by atoms with Gasteiger partial charge in [-0.2, -0.15) is 14.7 Å². The first-order valence-corrected chi connectivity index (χ1v) is 13.8. The summed E-state index contributed by atoms with van der Waals surface area (Å²) in [6, 6.07) is 7.24. The van der Waals surface area contributed by atoms with Crippen molar-refractivity contribution in [3.8, 4) is 11.1 Å². The lowest BCUT2D eigenvalue weighted by molar-refractivity contribution is 0.0562. The smallest absolute Gasteiger partial charge is 0.272 e. The van der Waals surface area contributed by atoms with Gasteiger partial charge < -0.3 is 16.4 Å². The number of H-pyrrole nitrogens is 1. The number of nitrogens with one attached hydrogen (secondary N) is 1. The van der Waals surface area contributed by atoms with E-state index in [1.54, 1.807) is 18.3 Å². The molecule has 1 aromatic carbocycles. The number of carbonyl (C=O) groups excluding carboxylic acids is 1. The van der Waals surface area contributed by atoms with Gasteiger partial charge in [-0.15, -0.1) is 0 Å². The number of rotatable bonds is 4. The number of piperidine rings is 1. The molecule has 2 aliphatic heterocycles. The number of anilines is 2. The van der Waals surface area contributed by atoms with Crippen LogP contribution in [-0.2, 0) is 9.84 Å². The number of aromatic nitrogens is 5. The normalized spacial score (nSPS) is 21.6. The summed E-state index contributed by atoms with van der Waals surface area (Å²) in [7, 11) is -3.76. The molecule has 1 amide bonds. The molecule has 2 aliphatic rings. The number of nitrogen functional groups attached to an aromatic ring is 2. The van der Waals surface area contributed by atoms with E-state index in [0.29, 0.717) is 41.0 Å². The summed E-state index contributed by atoms with van der Waals surface area (Å²) < 4.78 is 40.7. The minimum atomic E-state index is -3.76. The number of nitrogens with zero attached hydrogens (tertiary/aromatic N) is 5. The highest BCUT2D eigenvalue weighted by molar-refractivity contribution is 7.91. The molecule has 13 heteroatoms. The number of carbonyl (C=O) groups is 1. The lowest BCUT2D eigenvalue weighted by atomic mass is 9.87. The Labute approximate surface area is 211 Å². The van der Waals surface area contributed by atoms with Crippen LogP contribution in [0.3, 0.4) is 0 Å². The highest BCUT2D eigenvalue weighted by atomic mass is 32.2. The van der Waals surface area contributed by atoms with Crippen molar-refractivity contribution in [3.05, 3.63) is 53.7 Å². The van der Waals surface area contributed by atoms with E-state index < -0.39 is 9.84 Å². The van der Waals surface area contributed by atoms with Gasteiger partial charge in [-0.25, -0.2) is 17.8 Å². The number of hydrogen-bond acceptors (Lipinski definition) is 8. The van der Waals surface area contributed by atoms with E-state index in [0.717, 1.165) is 19.1 Å². The van der Waals surface area contributed by atoms with Crippen LogP contribution in [0.2, 0.25) is 0 Å². The van der Waals surface area contributed by atoms with E-state index in [2.05, 4.69) is 15.3 Å². The maximum Gasteiger partial charge on any atom is 0.272 e. The van der Waals surface area contributed by atoms with Crippen molar-refractivity contribution in [3.63, 3.8) is 0 Å². The lowest BCUT2D eigenvalue weighted by Crippen LogP contribution is -2.46. The third-order valence-electron chi connectivity index (χ3n) is 7.37. The van der Waals surface area contributed by atoms with Crippen LogP contribution >= 0.6 is 0 Å². The number of benzene rings is 1. The molecule has 2 fully saturated rings. The molecular formula is C24H25FN8O3S. The number of nitrogens with two attached hydrogens (primary N) is 2. The number of sulfone groups is 1. The summed E-state index contributed by atoms with van der Waals surface area (Å²) in [5, 5.41) is 10.8. The monoisotopic (exact) mass is 524 g/mol. The third-order valence-corrected chi connectivity index (χ3v) is 8.53. The first kappa shape index (κ1) is 23.4. The molecule has 0 radical (unpaired) electrons. The largest absolute Gasteiger partial charge is 0.382 e. The zero-order valence-corrected chi connectivity index (χ0v) is 20.7. The molecule has 0 spiro atoms. The van der Waals surface area contributed by atoms with Gasteiger partial charge in [0.25, 0.3) is 5.91 Å². The molecule has 3 aromatic heterocycles. The van der Waals surface area contributed by atoms with Crippen LogP contribution in [0.25, 0.3) is 16.8 Å². The summed E-state index contributed by atoms with van der Waals surface area (Å²) in [5.41, 5.74) is 14.5. The number of hydrogen-bond donors (Lipinski definition) is 3. The van der Waals surface area contributed by atoms with Crippen molar-refractivity contribution < 1.29 is 17.6 Å². The van der Waals surface area contributed by atoms with E-state index in [-0.39, 0.29) is 46.3 Å². The van der Waals surface area contributed by atoms with Crippen LogP contribution in [0.5, 0.6) is 0 Å². The molecule has 2 saturated heterocycles. The molecule has 192 valence electrons. The van der Waals surface area contributed by atoms with Crippen LogP contribution in [0.4, 0.5) is 16.0 Å². The Morgan fingerprint density at radius 3 is 2.41 bits per heavy atom. The molecule has 11 nitrogen and oxygen atoms in total. The molecule has 0 aliphatic carbocycles. The van der Waals surface area contributed by atoms with Gasteiger partial charge in [0.2, 0.25) is 0 Å². The van der Waals surface area contributed by atoms with Gasteiger partial charge in [-0.05, 0) is 43.4 Å².